The van der Waals surface area contributed by atoms with Crippen molar-refractivity contribution in [3.05, 3.63) is 95.8 Å². The number of rotatable bonds is 6. The topological polar surface area (TPSA) is 91.7 Å². The van der Waals surface area contributed by atoms with Crippen molar-refractivity contribution in [3.8, 4) is 0 Å². The molecule has 2 heterocycles. The van der Waals surface area contributed by atoms with Crippen LogP contribution in [0.3, 0.4) is 0 Å². The lowest BCUT2D eigenvalue weighted by Crippen LogP contribution is -2.35. The van der Waals surface area contributed by atoms with Crippen molar-refractivity contribution >= 4 is 21.6 Å². The van der Waals surface area contributed by atoms with Gasteiger partial charge in [-0.2, -0.15) is 9.41 Å². The van der Waals surface area contributed by atoms with Crippen LogP contribution in [0.15, 0.2) is 89.0 Å². The van der Waals surface area contributed by atoms with E-state index >= 15 is 0 Å². The molecule has 8 heteroatoms. The van der Waals surface area contributed by atoms with Crippen molar-refractivity contribution in [2.24, 2.45) is 5.10 Å². The molecule has 32 heavy (non-hydrogen) atoms. The molecule has 3 aromatic rings. The van der Waals surface area contributed by atoms with Gasteiger partial charge >= 0.3 is 0 Å². The summed E-state index contributed by atoms with van der Waals surface area (Å²) in [4.78, 5) is 17.3. The lowest BCUT2D eigenvalue weighted by atomic mass is 10.1. The average Bonchev–Trinajstić information content (AvgIpc) is 2.86. The van der Waals surface area contributed by atoms with E-state index in [2.05, 4.69) is 15.5 Å². The molecular weight excluding hydrogens is 424 g/mol. The molecule has 7 nitrogen and oxygen atoms in total. The molecule has 1 N–H and O–H groups in total. The first-order valence-electron chi connectivity index (χ1n) is 10.5. The summed E-state index contributed by atoms with van der Waals surface area (Å²) in [5.41, 5.74) is 4.70. The Balaban J connectivity index is 1.59. The lowest BCUT2D eigenvalue weighted by molar-refractivity contribution is 0.0954. The normalized spacial score (nSPS) is 15.3. The summed E-state index contributed by atoms with van der Waals surface area (Å²) in [5.74, 6) is -0.495. The van der Waals surface area contributed by atoms with Gasteiger partial charge in [0.15, 0.2) is 0 Å². The average molecular weight is 449 g/mol. The molecule has 1 fully saturated rings. The summed E-state index contributed by atoms with van der Waals surface area (Å²) in [6, 6.07) is 20.9. The Labute approximate surface area is 187 Å². The van der Waals surface area contributed by atoms with E-state index < -0.39 is 15.9 Å². The fraction of sp³-hybridized carbons (Fsp3) is 0.208. The molecule has 1 aliphatic rings. The maximum Gasteiger partial charge on any atom is 0.271 e. The molecule has 164 valence electrons. The molecule has 0 saturated carbocycles. The molecule has 4 rings (SSSR count). The first-order valence-corrected chi connectivity index (χ1v) is 11.9. The maximum atomic E-state index is 13.0. The van der Waals surface area contributed by atoms with Gasteiger partial charge in [-0.3, -0.25) is 9.78 Å². The third-order valence-electron chi connectivity index (χ3n) is 5.27. The van der Waals surface area contributed by atoms with Crippen LogP contribution in [0.5, 0.6) is 0 Å². The fourth-order valence-electron chi connectivity index (χ4n) is 3.59. The quantitative estimate of drug-likeness (QED) is 0.462. The number of carbonyl (C=O) groups is 1. The molecular formula is C24H24N4O3S. The Bertz CT molecular complexity index is 1160. The molecule has 0 spiro atoms. The van der Waals surface area contributed by atoms with Gasteiger partial charge in [0.25, 0.3) is 5.91 Å². The van der Waals surface area contributed by atoms with Gasteiger partial charge < -0.3 is 0 Å². The van der Waals surface area contributed by atoms with Crippen molar-refractivity contribution < 1.29 is 13.2 Å². The molecule has 1 saturated heterocycles. The Kier molecular flexibility index (Phi) is 6.72. The summed E-state index contributed by atoms with van der Waals surface area (Å²) in [5, 5.41) is 4.32. The lowest BCUT2D eigenvalue weighted by Gasteiger charge is -2.25. The molecule has 2 aromatic carbocycles. The molecule has 0 atom stereocenters. The van der Waals surface area contributed by atoms with Gasteiger partial charge in [0, 0.05) is 30.4 Å². The van der Waals surface area contributed by atoms with Crippen LogP contribution in [-0.2, 0) is 10.0 Å². The minimum absolute atomic E-state index is 0.115. The molecule has 0 radical (unpaired) electrons. The largest absolute Gasteiger partial charge is 0.271 e. The highest BCUT2D eigenvalue weighted by Crippen LogP contribution is 2.21. The number of nitrogens with zero attached hydrogens (tertiary/aromatic N) is 3. The fourth-order valence-corrected chi connectivity index (χ4v) is 5.16. The number of aromatic nitrogens is 1. The van der Waals surface area contributed by atoms with E-state index in [1.807, 2.05) is 42.5 Å². The molecule has 1 aliphatic heterocycles. The van der Waals surface area contributed by atoms with Crippen LogP contribution in [0.1, 0.15) is 40.9 Å². The van der Waals surface area contributed by atoms with Crippen LogP contribution < -0.4 is 5.43 Å². The van der Waals surface area contributed by atoms with Gasteiger partial charge in [-0.1, -0.05) is 48.9 Å². The summed E-state index contributed by atoms with van der Waals surface area (Å²) in [7, 11) is -3.63. The van der Waals surface area contributed by atoms with Gasteiger partial charge in [-0.15, -0.1) is 0 Å². The number of hydrogen-bond acceptors (Lipinski definition) is 5. The minimum Gasteiger partial charge on any atom is -0.267 e. The Morgan fingerprint density at radius 2 is 1.59 bits per heavy atom. The van der Waals surface area contributed by atoms with Gasteiger partial charge in [0.05, 0.1) is 10.6 Å². The van der Waals surface area contributed by atoms with Crippen LogP contribution >= 0.6 is 0 Å². The van der Waals surface area contributed by atoms with Crippen molar-refractivity contribution in [3.63, 3.8) is 0 Å². The maximum absolute atomic E-state index is 13.0. The Hall–Kier alpha value is -3.36. The molecule has 0 aliphatic carbocycles. The number of benzene rings is 2. The van der Waals surface area contributed by atoms with Gasteiger partial charge in [-0.05, 0) is 43.2 Å². The Morgan fingerprint density at radius 3 is 2.31 bits per heavy atom. The molecule has 0 bridgehead atoms. The molecule has 1 amide bonds. The highest BCUT2D eigenvalue weighted by molar-refractivity contribution is 7.89. The van der Waals surface area contributed by atoms with E-state index in [4.69, 9.17) is 0 Å². The van der Waals surface area contributed by atoms with Crippen molar-refractivity contribution in [2.75, 3.05) is 13.1 Å². The van der Waals surface area contributed by atoms with Crippen molar-refractivity contribution in [1.29, 1.82) is 0 Å². The predicted molar refractivity (Wildman–Crippen MR) is 123 cm³/mol. The number of carbonyl (C=O) groups excluding carboxylic acids is 1. The zero-order chi connectivity index (χ0) is 22.4. The van der Waals surface area contributed by atoms with Crippen molar-refractivity contribution in [1.82, 2.24) is 14.7 Å². The van der Waals surface area contributed by atoms with E-state index in [1.54, 1.807) is 24.4 Å². The zero-order valence-electron chi connectivity index (χ0n) is 17.5. The minimum atomic E-state index is -3.63. The van der Waals surface area contributed by atoms with E-state index in [1.165, 1.54) is 16.4 Å². The van der Waals surface area contributed by atoms with Gasteiger partial charge in [-0.25, -0.2) is 13.8 Å². The molecule has 1 aromatic heterocycles. The number of amides is 1. The number of hydrogen-bond donors (Lipinski definition) is 1. The Morgan fingerprint density at radius 1 is 0.875 bits per heavy atom. The van der Waals surface area contributed by atoms with Crippen LogP contribution in [0.25, 0.3) is 0 Å². The number of nitrogens with one attached hydrogen (secondary N) is 1. The predicted octanol–water partition coefficient (Wildman–Crippen LogP) is 3.44. The van der Waals surface area contributed by atoms with Crippen molar-refractivity contribution in [2.45, 2.75) is 24.2 Å². The number of sulfonamides is 1. The third-order valence-corrected chi connectivity index (χ3v) is 7.17. The monoisotopic (exact) mass is 448 g/mol. The smallest absolute Gasteiger partial charge is 0.267 e. The number of hydrazone groups is 1. The highest BCUT2D eigenvalue weighted by atomic mass is 32.2. The standard InChI is InChI=1S/C24H24N4O3S/c29-24(20-12-9-13-21(18-20)32(30,31)28-16-7-2-8-17-28)27-26-23(19-10-3-1-4-11-19)22-14-5-6-15-25-22/h1,3-6,9-15,18H,2,7-8,16-17H2,(H,27,29). The van der Waals surface area contributed by atoms with Gasteiger partial charge in [0.2, 0.25) is 10.0 Å². The van der Waals surface area contributed by atoms with Crippen LogP contribution in [0, 0.1) is 0 Å². The van der Waals surface area contributed by atoms with E-state index in [-0.39, 0.29) is 10.5 Å². The zero-order valence-corrected chi connectivity index (χ0v) is 18.3. The first-order chi connectivity index (χ1) is 15.6. The third kappa shape index (κ3) is 4.92. The van der Waals surface area contributed by atoms with E-state index in [0.29, 0.717) is 24.5 Å². The number of piperidine rings is 1. The highest BCUT2D eigenvalue weighted by Gasteiger charge is 2.26. The number of pyridine rings is 1. The summed E-state index contributed by atoms with van der Waals surface area (Å²) in [6.45, 7) is 1.02. The van der Waals surface area contributed by atoms with Crippen LogP contribution in [-0.4, -0.2) is 42.4 Å². The van der Waals surface area contributed by atoms with Crippen LogP contribution in [0.2, 0.25) is 0 Å². The van der Waals surface area contributed by atoms with Crippen LogP contribution in [0.4, 0.5) is 0 Å². The second-order valence-electron chi connectivity index (χ2n) is 7.47. The van der Waals surface area contributed by atoms with Gasteiger partial charge in [0.1, 0.15) is 5.71 Å². The van der Waals surface area contributed by atoms with E-state index in [0.717, 1.165) is 24.8 Å². The summed E-state index contributed by atoms with van der Waals surface area (Å²) < 4.78 is 27.4. The summed E-state index contributed by atoms with van der Waals surface area (Å²) >= 11 is 0. The SMILES string of the molecule is O=C(NN=C(c1ccccc1)c1ccccn1)c1cccc(S(=O)(=O)N2CCCCC2)c1. The first kappa shape index (κ1) is 21.9. The molecule has 0 unspecified atom stereocenters. The second kappa shape index (κ2) is 9.84. The van der Waals surface area contributed by atoms with E-state index in [9.17, 15) is 13.2 Å². The second-order valence-corrected chi connectivity index (χ2v) is 9.41. The summed E-state index contributed by atoms with van der Waals surface area (Å²) in [6.07, 6.45) is 4.39.